The minimum atomic E-state index is -4.46. The van der Waals surface area contributed by atoms with Gasteiger partial charge in [0.05, 0.1) is 11.6 Å². The first kappa shape index (κ1) is 20.2. The number of nitriles is 1. The summed E-state index contributed by atoms with van der Waals surface area (Å²) in [5, 5.41) is 10.2. The SMILES string of the molecule is N#Cc1ccc2[nH]cc(CCCN3CCN(c4nccc(C(F)(F)F)n4)CC3)c2c1. The molecule has 1 fully saturated rings. The van der Waals surface area contributed by atoms with Crippen molar-refractivity contribution >= 4 is 16.9 Å². The number of anilines is 1. The molecule has 1 N–H and O–H groups in total. The molecule has 0 saturated carbocycles. The molecular weight excluding hydrogens is 393 g/mol. The highest BCUT2D eigenvalue weighted by Gasteiger charge is 2.33. The van der Waals surface area contributed by atoms with Crippen LogP contribution < -0.4 is 4.90 Å². The number of nitrogens with zero attached hydrogens (tertiary/aromatic N) is 5. The molecule has 30 heavy (non-hydrogen) atoms. The van der Waals surface area contributed by atoms with Gasteiger partial charge in [0.2, 0.25) is 5.95 Å². The van der Waals surface area contributed by atoms with Gasteiger partial charge in [-0.1, -0.05) is 0 Å². The quantitative estimate of drug-likeness (QED) is 0.691. The van der Waals surface area contributed by atoms with Crippen LogP contribution in [0.15, 0.2) is 36.7 Å². The first-order valence-corrected chi connectivity index (χ1v) is 9.82. The van der Waals surface area contributed by atoms with Crippen LogP contribution in [0.1, 0.15) is 23.2 Å². The first-order valence-electron chi connectivity index (χ1n) is 9.82. The smallest absolute Gasteiger partial charge is 0.361 e. The van der Waals surface area contributed by atoms with E-state index in [4.69, 9.17) is 5.26 Å². The number of hydrogen-bond acceptors (Lipinski definition) is 5. The van der Waals surface area contributed by atoms with Crippen molar-refractivity contribution in [2.75, 3.05) is 37.6 Å². The van der Waals surface area contributed by atoms with Gasteiger partial charge < -0.3 is 9.88 Å². The number of nitrogens with one attached hydrogen (secondary N) is 1. The Balaban J connectivity index is 1.29. The number of H-pyrrole nitrogens is 1. The Morgan fingerprint density at radius 3 is 2.67 bits per heavy atom. The zero-order valence-corrected chi connectivity index (χ0v) is 16.3. The lowest BCUT2D eigenvalue weighted by atomic mass is 10.1. The van der Waals surface area contributed by atoms with E-state index in [2.05, 4.69) is 25.9 Å². The summed E-state index contributed by atoms with van der Waals surface area (Å²) in [6, 6.07) is 8.70. The highest BCUT2D eigenvalue weighted by atomic mass is 19.4. The number of fused-ring (bicyclic) bond motifs is 1. The number of aryl methyl sites for hydroxylation is 1. The average molecular weight is 414 g/mol. The molecule has 1 saturated heterocycles. The maximum Gasteiger partial charge on any atom is 0.433 e. The van der Waals surface area contributed by atoms with Crippen LogP contribution in [0.4, 0.5) is 19.1 Å². The van der Waals surface area contributed by atoms with E-state index in [1.54, 1.807) is 11.0 Å². The van der Waals surface area contributed by atoms with Crippen LogP contribution >= 0.6 is 0 Å². The first-order chi connectivity index (χ1) is 14.4. The molecule has 156 valence electrons. The normalized spacial score (nSPS) is 15.5. The third-order valence-corrected chi connectivity index (χ3v) is 5.41. The van der Waals surface area contributed by atoms with Crippen LogP contribution in [-0.2, 0) is 12.6 Å². The highest BCUT2D eigenvalue weighted by molar-refractivity contribution is 5.84. The topological polar surface area (TPSA) is 71.8 Å². The van der Waals surface area contributed by atoms with E-state index in [9.17, 15) is 13.2 Å². The number of halogens is 3. The number of piperazine rings is 1. The number of hydrogen-bond donors (Lipinski definition) is 1. The number of aromatic nitrogens is 3. The Morgan fingerprint density at radius 2 is 1.93 bits per heavy atom. The summed E-state index contributed by atoms with van der Waals surface area (Å²) in [6.45, 7) is 3.61. The fourth-order valence-corrected chi connectivity index (χ4v) is 3.78. The van der Waals surface area contributed by atoms with E-state index in [0.29, 0.717) is 18.7 Å². The second kappa shape index (κ2) is 8.32. The van der Waals surface area contributed by atoms with Gasteiger partial charge in [0.1, 0.15) is 5.69 Å². The molecule has 0 atom stereocenters. The van der Waals surface area contributed by atoms with Crippen LogP contribution in [0.3, 0.4) is 0 Å². The van der Waals surface area contributed by atoms with E-state index >= 15 is 0 Å². The molecule has 2 aromatic heterocycles. The predicted octanol–water partition coefficient (Wildman–Crippen LogP) is 3.60. The zero-order chi connectivity index (χ0) is 21.1. The summed E-state index contributed by atoms with van der Waals surface area (Å²) >= 11 is 0. The fourth-order valence-electron chi connectivity index (χ4n) is 3.78. The lowest BCUT2D eigenvalue weighted by Crippen LogP contribution is -2.47. The van der Waals surface area contributed by atoms with Gasteiger partial charge in [0.15, 0.2) is 0 Å². The predicted molar refractivity (Wildman–Crippen MR) is 107 cm³/mol. The van der Waals surface area contributed by atoms with Crippen molar-refractivity contribution in [3.05, 3.63) is 53.5 Å². The van der Waals surface area contributed by atoms with Gasteiger partial charge in [-0.3, -0.25) is 4.90 Å². The molecule has 4 rings (SSSR count). The molecule has 0 spiro atoms. The van der Waals surface area contributed by atoms with E-state index in [0.717, 1.165) is 55.6 Å². The van der Waals surface area contributed by atoms with E-state index in [-0.39, 0.29) is 5.95 Å². The molecule has 3 heterocycles. The van der Waals surface area contributed by atoms with Gasteiger partial charge in [-0.2, -0.15) is 18.4 Å². The van der Waals surface area contributed by atoms with E-state index < -0.39 is 11.9 Å². The summed E-state index contributed by atoms with van der Waals surface area (Å²) in [7, 11) is 0. The van der Waals surface area contributed by atoms with Crippen LogP contribution in [0.2, 0.25) is 0 Å². The van der Waals surface area contributed by atoms with Crippen molar-refractivity contribution in [1.29, 1.82) is 5.26 Å². The van der Waals surface area contributed by atoms with Crippen molar-refractivity contribution < 1.29 is 13.2 Å². The monoisotopic (exact) mass is 414 g/mol. The summed E-state index contributed by atoms with van der Waals surface area (Å²) in [5.41, 5.74) is 1.96. The van der Waals surface area contributed by atoms with Gasteiger partial charge in [0.25, 0.3) is 0 Å². The molecule has 0 amide bonds. The van der Waals surface area contributed by atoms with Crippen molar-refractivity contribution in [3.63, 3.8) is 0 Å². The Labute approximate surface area is 172 Å². The molecule has 1 aromatic carbocycles. The second-order valence-corrected chi connectivity index (χ2v) is 7.36. The van der Waals surface area contributed by atoms with Crippen LogP contribution in [0, 0.1) is 11.3 Å². The molecular formula is C21H21F3N6. The summed E-state index contributed by atoms with van der Waals surface area (Å²) < 4.78 is 38.6. The molecule has 0 unspecified atom stereocenters. The third kappa shape index (κ3) is 4.39. The second-order valence-electron chi connectivity index (χ2n) is 7.36. The summed E-state index contributed by atoms with van der Waals surface area (Å²) in [6.07, 6.45) is 0.552. The van der Waals surface area contributed by atoms with Crippen LogP contribution in [0.25, 0.3) is 10.9 Å². The molecule has 0 aliphatic carbocycles. The molecule has 9 heteroatoms. The van der Waals surface area contributed by atoms with Crippen molar-refractivity contribution in [2.45, 2.75) is 19.0 Å². The number of alkyl halides is 3. The molecule has 1 aliphatic heterocycles. The standard InChI is InChI=1S/C21H21F3N6/c22-21(23,24)19-5-6-26-20(28-19)30-10-8-29(9-11-30)7-1-2-16-14-27-18-4-3-15(13-25)12-17(16)18/h3-6,12,14,27H,1-2,7-11H2. The van der Waals surface area contributed by atoms with Gasteiger partial charge in [-0.15, -0.1) is 0 Å². The Kier molecular flexibility index (Phi) is 5.59. The summed E-state index contributed by atoms with van der Waals surface area (Å²) in [4.78, 5) is 15.0. The van der Waals surface area contributed by atoms with Gasteiger partial charge in [0, 0.05) is 49.5 Å². The molecule has 6 nitrogen and oxygen atoms in total. The Hall–Kier alpha value is -3.12. The van der Waals surface area contributed by atoms with Crippen molar-refractivity contribution in [2.24, 2.45) is 0 Å². The fraction of sp³-hybridized carbons (Fsp3) is 0.381. The Morgan fingerprint density at radius 1 is 1.13 bits per heavy atom. The zero-order valence-electron chi connectivity index (χ0n) is 16.3. The van der Waals surface area contributed by atoms with E-state index in [1.165, 1.54) is 5.56 Å². The lowest BCUT2D eigenvalue weighted by molar-refractivity contribution is -0.141. The van der Waals surface area contributed by atoms with Crippen molar-refractivity contribution in [3.8, 4) is 6.07 Å². The number of aromatic amines is 1. The maximum absolute atomic E-state index is 12.9. The number of rotatable bonds is 5. The van der Waals surface area contributed by atoms with E-state index in [1.807, 2.05) is 18.3 Å². The molecule has 0 radical (unpaired) electrons. The number of benzene rings is 1. The Bertz CT molecular complexity index is 1060. The lowest BCUT2D eigenvalue weighted by Gasteiger charge is -2.34. The van der Waals surface area contributed by atoms with Gasteiger partial charge in [-0.25, -0.2) is 9.97 Å². The van der Waals surface area contributed by atoms with Gasteiger partial charge in [-0.05, 0) is 49.2 Å². The summed E-state index contributed by atoms with van der Waals surface area (Å²) in [5.74, 6) is 0.136. The van der Waals surface area contributed by atoms with Crippen LogP contribution in [0.5, 0.6) is 0 Å². The highest BCUT2D eigenvalue weighted by Crippen LogP contribution is 2.28. The largest absolute Gasteiger partial charge is 0.433 e. The molecule has 1 aliphatic rings. The minimum absolute atomic E-state index is 0.136. The average Bonchev–Trinajstić information content (AvgIpc) is 3.16. The third-order valence-electron chi connectivity index (χ3n) is 5.41. The van der Waals surface area contributed by atoms with Crippen molar-refractivity contribution in [1.82, 2.24) is 19.9 Å². The van der Waals surface area contributed by atoms with Gasteiger partial charge >= 0.3 is 6.18 Å². The molecule has 3 aromatic rings. The molecule has 0 bridgehead atoms. The maximum atomic E-state index is 12.9. The van der Waals surface area contributed by atoms with Crippen LogP contribution in [-0.4, -0.2) is 52.6 Å². The minimum Gasteiger partial charge on any atom is -0.361 e.